The summed E-state index contributed by atoms with van der Waals surface area (Å²) < 4.78 is 4.71. The maximum atomic E-state index is 12.6. The lowest BCUT2D eigenvalue weighted by Gasteiger charge is -2.20. The number of nitriles is 1. The van der Waals surface area contributed by atoms with Crippen LogP contribution in [-0.2, 0) is 9.53 Å². The van der Waals surface area contributed by atoms with Crippen LogP contribution in [0.15, 0.2) is 17.7 Å². The SMILES string of the molecule is CCN(CCNC(=O)OC[C@H](C)O)C(=O)/C(C#N)=C/c1cc(O)c(O)c([N+](=O)[O-])c1. The Morgan fingerprint density at radius 2 is 2.10 bits per heavy atom. The second-order valence-corrected chi connectivity index (χ2v) is 6.09. The minimum atomic E-state index is -0.925. The number of amides is 2. The summed E-state index contributed by atoms with van der Waals surface area (Å²) in [6, 6.07) is 3.58. The van der Waals surface area contributed by atoms with E-state index < -0.39 is 40.2 Å². The monoisotopic (exact) mass is 422 g/mol. The second kappa shape index (κ2) is 11.2. The first kappa shape index (κ1) is 24.2. The summed E-state index contributed by atoms with van der Waals surface area (Å²) in [5.74, 6) is -2.40. The average Bonchev–Trinajstić information content (AvgIpc) is 2.69. The summed E-state index contributed by atoms with van der Waals surface area (Å²) >= 11 is 0. The third-order valence-corrected chi connectivity index (χ3v) is 3.73. The zero-order chi connectivity index (χ0) is 22.8. The first-order valence-electron chi connectivity index (χ1n) is 8.80. The van der Waals surface area contributed by atoms with Crippen LogP contribution >= 0.6 is 0 Å². The van der Waals surface area contributed by atoms with Crippen molar-refractivity contribution >= 4 is 23.8 Å². The smallest absolute Gasteiger partial charge is 0.407 e. The number of carbonyl (C=O) groups excluding carboxylic acids is 2. The molecule has 12 nitrogen and oxygen atoms in total. The lowest BCUT2D eigenvalue weighted by atomic mass is 10.1. The Kier molecular flexibility index (Phi) is 9.05. The molecule has 0 spiro atoms. The van der Waals surface area contributed by atoms with Crippen LogP contribution in [0.3, 0.4) is 0 Å². The molecule has 12 heteroatoms. The molecule has 4 N–H and O–H groups in total. The fraction of sp³-hybridized carbons (Fsp3) is 0.389. The predicted octanol–water partition coefficient (Wildman–Crippen LogP) is 0.868. The Morgan fingerprint density at radius 1 is 1.43 bits per heavy atom. The number of hydrogen-bond donors (Lipinski definition) is 4. The summed E-state index contributed by atoms with van der Waals surface area (Å²) in [6.45, 7) is 3.17. The molecule has 1 rings (SSSR count). The Balaban J connectivity index is 2.91. The second-order valence-electron chi connectivity index (χ2n) is 6.09. The first-order valence-corrected chi connectivity index (χ1v) is 8.80. The minimum Gasteiger partial charge on any atom is -0.504 e. The van der Waals surface area contributed by atoms with E-state index in [4.69, 9.17) is 9.84 Å². The molecule has 30 heavy (non-hydrogen) atoms. The van der Waals surface area contributed by atoms with Gasteiger partial charge in [-0.3, -0.25) is 14.9 Å². The van der Waals surface area contributed by atoms with Crippen molar-refractivity contribution in [2.45, 2.75) is 20.0 Å². The van der Waals surface area contributed by atoms with E-state index in [-0.39, 0.29) is 37.4 Å². The number of likely N-dealkylation sites (N-methyl/N-ethyl adjacent to an activating group) is 1. The van der Waals surface area contributed by atoms with Gasteiger partial charge >= 0.3 is 11.8 Å². The number of nitrogens with zero attached hydrogens (tertiary/aromatic N) is 3. The lowest BCUT2D eigenvalue weighted by molar-refractivity contribution is -0.386. The number of hydrogen-bond acceptors (Lipinski definition) is 9. The number of benzene rings is 1. The van der Waals surface area contributed by atoms with Gasteiger partial charge in [-0.25, -0.2) is 4.79 Å². The van der Waals surface area contributed by atoms with Gasteiger partial charge in [-0.15, -0.1) is 0 Å². The van der Waals surface area contributed by atoms with Gasteiger partial charge in [-0.2, -0.15) is 5.26 Å². The Hall–Kier alpha value is -3.85. The third-order valence-electron chi connectivity index (χ3n) is 3.73. The molecule has 1 aromatic carbocycles. The van der Waals surface area contributed by atoms with Crippen LogP contribution in [0.2, 0.25) is 0 Å². The number of nitro groups is 1. The van der Waals surface area contributed by atoms with Crippen molar-refractivity contribution in [2.24, 2.45) is 0 Å². The van der Waals surface area contributed by atoms with Crippen LogP contribution in [-0.4, -0.2) is 69.5 Å². The summed E-state index contributed by atoms with van der Waals surface area (Å²) in [5.41, 5.74) is -1.18. The van der Waals surface area contributed by atoms with Gasteiger partial charge in [0.1, 0.15) is 18.2 Å². The van der Waals surface area contributed by atoms with Crippen LogP contribution in [0, 0.1) is 21.4 Å². The molecular weight excluding hydrogens is 400 g/mol. The molecule has 0 bridgehead atoms. The number of aliphatic hydroxyl groups is 1. The minimum absolute atomic E-state index is 0.0163. The Labute approximate surface area is 171 Å². The fourth-order valence-corrected chi connectivity index (χ4v) is 2.27. The third kappa shape index (κ3) is 6.95. The Morgan fingerprint density at radius 3 is 2.63 bits per heavy atom. The van der Waals surface area contributed by atoms with Crippen LogP contribution in [0.25, 0.3) is 6.08 Å². The van der Waals surface area contributed by atoms with Crippen molar-refractivity contribution < 1.29 is 34.6 Å². The van der Waals surface area contributed by atoms with E-state index in [2.05, 4.69) is 5.32 Å². The van der Waals surface area contributed by atoms with E-state index in [0.717, 1.165) is 18.2 Å². The molecule has 1 aromatic rings. The highest BCUT2D eigenvalue weighted by atomic mass is 16.6. The molecule has 0 radical (unpaired) electrons. The molecule has 0 aliphatic carbocycles. The van der Waals surface area contributed by atoms with E-state index in [0.29, 0.717) is 0 Å². The number of phenolic OH excluding ortho intramolecular Hbond substituents is 2. The van der Waals surface area contributed by atoms with E-state index in [9.17, 15) is 35.2 Å². The van der Waals surface area contributed by atoms with Gasteiger partial charge in [0.2, 0.25) is 5.75 Å². The van der Waals surface area contributed by atoms with Gasteiger partial charge in [0.05, 0.1) is 11.0 Å². The summed E-state index contributed by atoms with van der Waals surface area (Å²) in [4.78, 5) is 35.3. The normalized spacial score (nSPS) is 11.9. The number of alkyl carbamates (subject to hydrolysis) is 1. The summed E-state index contributed by atoms with van der Waals surface area (Å²) in [6.07, 6.45) is -0.549. The van der Waals surface area contributed by atoms with Gasteiger partial charge in [0.15, 0.2) is 5.75 Å². The van der Waals surface area contributed by atoms with Gasteiger partial charge in [0.25, 0.3) is 5.91 Å². The summed E-state index contributed by atoms with van der Waals surface area (Å²) in [7, 11) is 0. The number of aromatic hydroxyl groups is 2. The van der Waals surface area contributed by atoms with Crippen LogP contribution < -0.4 is 5.32 Å². The number of nitro benzene ring substituents is 1. The van der Waals surface area contributed by atoms with Crippen molar-refractivity contribution in [3.05, 3.63) is 33.4 Å². The zero-order valence-electron chi connectivity index (χ0n) is 16.4. The molecule has 0 heterocycles. The van der Waals surface area contributed by atoms with E-state index in [1.54, 1.807) is 13.0 Å². The highest BCUT2D eigenvalue weighted by Gasteiger charge is 2.21. The maximum Gasteiger partial charge on any atom is 0.407 e. The van der Waals surface area contributed by atoms with Crippen molar-refractivity contribution in [2.75, 3.05) is 26.2 Å². The van der Waals surface area contributed by atoms with Crippen LogP contribution in [0.4, 0.5) is 10.5 Å². The van der Waals surface area contributed by atoms with Crippen LogP contribution in [0.5, 0.6) is 11.5 Å². The highest BCUT2D eigenvalue weighted by Crippen LogP contribution is 2.36. The Bertz CT molecular complexity index is 876. The molecule has 2 amide bonds. The van der Waals surface area contributed by atoms with E-state index >= 15 is 0 Å². The first-order chi connectivity index (χ1) is 14.1. The molecule has 162 valence electrons. The van der Waals surface area contributed by atoms with E-state index in [1.807, 2.05) is 0 Å². The molecule has 0 saturated heterocycles. The van der Waals surface area contributed by atoms with Gasteiger partial charge in [0, 0.05) is 25.7 Å². The number of ether oxygens (including phenoxy) is 1. The van der Waals surface area contributed by atoms with Crippen molar-refractivity contribution in [3.63, 3.8) is 0 Å². The van der Waals surface area contributed by atoms with Crippen molar-refractivity contribution in [3.8, 4) is 17.6 Å². The van der Waals surface area contributed by atoms with Crippen molar-refractivity contribution in [1.82, 2.24) is 10.2 Å². The van der Waals surface area contributed by atoms with Crippen LogP contribution in [0.1, 0.15) is 19.4 Å². The topological polar surface area (TPSA) is 186 Å². The lowest BCUT2D eigenvalue weighted by Crippen LogP contribution is -2.39. The molecule has 0 aromatic heterocycles. The molecule has 0 aliphatic rings. The molecule has 0 unspecified atom stereocenters. The van der Waals surface area contributed by atoms with Gasteiger partial charge in [-0.05, 0) is 31.6 Å². The average molecular weight is 422 g/mol. The fourth-order valence-electron chi connectivity index (χ4n) is 2.27. The van der Waals surface area contributed by atoms with E-state index in [1.165, 1.54) is 11.8 Å². The number of aliphatic hydroxyl groups excluding tert-OH is 1. The standard InChI is InChI=1S/C18H22N4O8/c1-3-21(5-4-20-18(27)30-10-11(2)23)17(26)13(9-19)6-12-7-14(22(28)29)16(25)15(24)8-12/h6-8,11,23-25H,3-5,10H2,1-2H3,(H,20,27)/b13-6+/t11-/m0/s1. The van der Waals surface area contributed by atoms with Gasteiger partial charge in [-0.1, -0.05) is 0 Å². The maximum absolute atomic E-state index is 12.6. The molecule has 0 aliphatic heterocycles. The zero-order valence-corrected chi connectivity index (χ0v) is 16.4. The van der Waals surface area contributed by atoms with Gasteiger partial charge < -0.3 is 30.3 Å². The predicted molar refractivity (Wildman–Crippen MR) is 103 cm³/mol. The molecule has 0 fully saturated rings. The molecule has 0 saturated carbocycles. The molecule has 1 atom stereocenters. The quantitative estimate of drug-likeness (QED) is 0.147. The largest absolute Gasteiger partial charge is 0.504 e. The summed E-state index contributed by atoms with van der Waals surface area (Å²) in [5, 5.41) is 50.8. The highest BCUT2D eigenvalue weighted by molar-refractivity contribution is 6.01. The number of carbonyl (C=O) groups is 2. The molecular formula is C18H22N4O8. The number of nitrogens with one attached hydrogen (secondary N) is 1. The number of rotatable bonds is 9. The number of phenols is 2. The van der Waals surface area contributed by atoms with Crippen molar-refractivity contribution in [1.29, 1.82) is 5.26 Å².